The largest absolute Gasteiger partial charge is 0.490 e. The van der Waals surface area contributed by atoms with Crippen molar-refractivity contribution >= 4 is 11.9 Å². The summed E-state index contributed by atoms with van der Waals surface area (Å²) in [6, 6.07) is 7.27. The third-order valence-corrected chi connectivity index (χ3v) is 4.11. The van der Waals surface area contributed by atoms with Crippen molar-refractivity contribution in [3.63, 3.8) is 0 Å². The molecule has 0 N–H and O–H groups in total. The quantitative estimate of drug-likeness (QED) is 0.690. The lowest BCUT2D eigenvalue weighted by Crippen LogP contribution is -2.34. The maximum Gasteiger partial charge on any atom is 0.309 e. The number of ether oxygens (including phenoxy) is 3. The predicted molar refractivity (Wildman–Crippen MR) is 94.7 cm³/mol. The Bertz CT molecular complexity index is 614. The molecule has 0 heterocycles. The summed E-state index contributed by atoms with van der Waals surface area (Å²) in [5.74, 6) is -0.814. The van der Waals surface area contributed by atoms with Gasteiger partial charge in [0.1, 0.15) is 23.6 Å². The molecular weight excluding hydrogens is 339 g/mol. The number of esters is 2. The van der Waals surface area contributed by atoms with Crippen molar-refractivity contribution < 1.29 is 28.2 Å². The Morgan fingerprint density at radius 2 is 1.81 bits per heavy atom. The zero-order valence-corrected chi connectivity index (χ0v) is 15.8. The average molecular weight is 366 g/mol. The minimum absolute atomic E-state index is 0.0395. The van der Waals surface area contributed by atoms with Gasteiger partial charge in [-0.15, -0.1) is 0 Å². The van der Waals surface area contributed by atoms with Crippen LogP contribution in [0, 0.1) is 5.92 Å². The highest BCUT2D eigenvalue weighted by Gasteiger charge is 2.30. The maximum atomic E-state index is 12.8. The number of methoxy groups -OCH3 is 1. The van der Waals surface area contributed by atoms with Gasteiger partial charge in [-0.25, -0.2) is 4.39 Å². The van der Waals surface area contributed by atoms with E-state index < -0.39 is 29.6 Å². The summed E-state index contributed by atoms with van der Waals surface area (Å²) in [7, 11) is 1.30. The van der Waals surface area contributed by atoms with Crippen LogP contribution in [0.15, 0.2) is 24.3 Å². The van der Waals surface area contributed by atoms with Gasteiger partial charge >= 0.3 is 11.9 Å². The minimum Gasteiger partial charge on any atom is -0.490 e. The lowest BCUT2D eigenvalue weighted by Gasteiger charge is -2.30. The van der Waals surface area contributed by atoms with Crippen LogP contribution in [0.4, 0.5) is 4.39 Å². The van der Waals surface area contributed by atoms with Gasteiger partial charge in [0, 0.05) is 12.8 Å². The molecule has 26 heavy (non-hydrogen) atoms. The zero-order valence-electron chi connectivity index (χ0n) is 15.8. The number of alkyl halides is 1. The van der Waals surface area contributed by atoms with Gasteiger partial charge < -0.3 is 14.2 Å². The number of rotatable bonds is 7. The smallest absolute Gasteiger partial charge is 0.309 e. The molecule has 1 atom stereocenters. The summed E-state index contributed by atoms with van der Waals surface area (Å²) in [5.41, 5.74) is 0.282. The fourth-order valence-corrected chi connectivity index (χ4v) is 2.77. The van der Waals surface area contributed by atoms with Crippen molar-refractivity contribution in [2.45, 2.75) is 64.3 Å². The first-order chi connectivity index (χ1) is 12.2. The highest BCUT2D eigenvalue weighted by molar-refractivity contribution is 5.80. The molecule has 5 nitrogen and oxygen atoms in total. The van der Waals surface area contributed by atoms with E-state index in [-0.39, 0.29) is 12.5 Å². The van der Waals surface area contributed by atoms with Crippen LogP contribution in [0.2, 0.25) is 0 Å². The van der Waals surface area contributed by atoms with Gasteiger partial charge in [-0.3, -0.25) is 9.59 Å². The van der Waals surface area contributed by atoms with Gasteiger partial charge in [-0.05, 0) is 44.9 Å². The molecule has 1 fully saturated rings. The second-order valence-electron chi connectivity index (χ2n) is 7.67. The number of carbonyl (C=O) groups excluding carboxylic acids is 2. The second-order valence-corrected chi connectivity index (χ2v) is 7.67. The van der Waals surface area contributed by atoms with E-state index in [1.54, 1.807) is 32.9 Å². The van der Waals surface area contributed by atoms with E-state index in [0.29, 0.717) is 25.0 Å². The fraction of sp³-hybridized carbons (Fsp3) is 0.600. The Kier molecular flexibility index (Phi) is 6.62. The van der Waals surface area contributed by atoms with Gasteiger partial charge in [0.25, 0.3) is 0 Å². The number of carbonyl (C=O) groups is 2. The highest BCUT2D eigenvalue weighted by Crippen LogP contribution is 2.28. The molecule has 0 aromatic heterocycles. The molecule has 0 bridgehead atoms. The SMILES string of the molecule is COC(=O)[C@@H](CC(=O)OC(C)(C)C)Cc1ccc(OC2CC(F)C2)cc1. The summed E-state index contributed by atoms with van der Waals surface area (Å²) in [6.45, 7) is 5.35. The van der Waals surface area contributed by atoms with Gasteiger partial charge in [0.05, 0.1) is 19.4 Å². The van der Waals surface area contributed by atoms with Crippen molar-refractivity contribution in [3.8, 4) is 5.75 Å². The Labute approximate surface area is 153 Å². The van der Waals surface area contributed by atoms with Gasteiger partial charge in [-0.1, -0.05) is 12.1 Å². The van der Waals surface area contributed by atoms with Crippen LogP contribution in [-0.2, 0) is 25.5 Å². The first-order valence-corrected chi connectivity index (χ1v) is 8.85. The number of halogens is 1. The highest BCUT2D eigenvalue weighted by atomic mass is 19.1. The van der Waals surface area contributed by atoms with Crippen LogP contribution in [0.3, 0.4) is 0 Å². The van der Waals surface area contributed by atoms with Gasteiger partial charge in [0.15, 0.2) is 0 Å². The molecule has 2 rings (SSSR count). The van der Waals surface area contributed by atoms with Crippen molar-refractivity contribution in [1.29, 1.82) is 0 Å². The summed E-state index contributed by atoms with van der Waals surface area (Å²) in [5, 5.41) is 0. The third kappa shape index (κ3) is 6.32. The third-order valence-electron chi connectivity index (χ3n) is 4.11. The van der Waals surface area contributed by atoms with E-state index in [2.05, 4.69) is 0 Å². The predicted octanol–water partition coefficient (Wildman–Crippen LogP) is 3.63. The Hall–Kier alpha value is -2.11. The van der Waals surface area contributed by atoms with Crippen LogP contribution in [0.5, 0.6) is 5.75 Å². The molecule has 0 unspecified atom stereocenters. The van der Waals surface area contributed by atoms with E-state index in [0.717, 1.165) is 5.56 Å². The number of benzene rings is 1. The number of hydrogen-bond acceptors (Lipinski definition) is 5. The van der Waals surface area contributed by atoms with E-state index in [1.807, 2.05) is 12.1 Å². The Balaban J connectivity index is 1.94. The van der Waals surface area contributed by atoms with Crippen LogP contribution in [-0.4, -0.2) is 36.9 Å². The summed E-state index contributed by atoms with van der Waals surface area (Å²) in [4.78, 5) is 24.1. The topological polar surface area (TPSA) is 61.8 Å². The first kappa shape index (κ1) is 20.2. The molecular formula is C20H27FO5. The minimum atomic E-state index is -0.757. The summed E-state index contributed by atoms with van der Waals surface area (Å²) < 4.78 is 28.6. The van der Waals surface area contributed by atoms with E-state index in [4.69, 9.17) is 14.2 Å². The Morgan fingerprint density at radius 1 is 1.19 bits per heavy atom. The standard InChI is InChI=1S/C20H27FO5/c1-20(2,3)26-18(22)10-14(19(23)24-4)9-13-5-7-16(8-6-13)25-17-11-15(21)12-17/h5-8,14-15,17H,9-12H2,1-4H3/t14-,15?,17?/m1/s1. The first-order valence-electron chi connectivity index (χ1n) is 8.85. The molecule has 0 spiro atoms. The van der Waals surface area contributed by atoms with Crippen LogP contribution in [0.25, 0.3) is 0 Å². The monoisotopic (exact) mass is 366 g/mol. The molecule has 1 aromatic rings. The maximum absolute atomic E-state index is 12.8. The van der Waals surface area contributed by atoms with E-state index in [1.165, 1.54) is 7.11 Å². The summed E-state index contributed by atoms with van der Waals surface area (Å²) in [6.07, 6.45) is 0.368. The fourth-order valence-electron chi connectivity index (χ4n) is 2.77. The lowest BCUT2D eigenvalue weighted by atomic mass is 9.93. The van der Waals surface area contributed by atoms with E-state index in [9.17, 15) is 14.0 Å². The van der Waals surface area contributed by atoms with E-state index >= 15 is 0 Å². The van der Waals surface area contributed by atoms with Gasteiger partial charge in [-0.2, -0.15) is 0 Å². The molecule has 0 saturated heterocycles. The molecule has 1 aromatic carbocycles. The average Bonchev–Trinajstić information content (AvgIpc) is 2.52. The molecule has 6 heteroatoms. The van der Waals surface area contributed by atoms with Crippen molar-refractivity contribution in [3.05, 3.63) is 29.8 Å². The van der Waals surface area contributed by atoms with Crippen LogP contribution < -0.4 is 4.74 Å². The Morgan fingerprint density at radius 3 is 2.31 bits per heavy atom. The normalized spacial score (nSPS) is 20.7. The van der Waals surface area contributed by atoms with Crippen LogP contribution in [0.1, 0.15) is 45.6 Å². The molecule has 1 saturated carbocycles. The van der Waals surface area contributed by atoms with Crippen molar-refractivity contribution in [2.24, 2.45) is 5.92 Å². The van der Waals surface area contributed by atoms with Crippen molar-refractivity contribution in [1.82, 2.24) is 0 Å². The van der Waals surface area contributed by atoms with Gasteiger partial charge in [0.2, 0.25) is 0 Å². The molecule has 1 aliphatic rings. The van der Waals surface area contributed by atoms with Crippen LogP contribution >= 0.6 is 0 Å². The summed E-state index contributed by atoms with van der Waals surface area (Å²) >= 11 is 0. The number of hydrogen-bond donors (Lipinski definition) is 0. The molecule has 0 aliphatic heterocycles. The second kappa shape index (κ2) is 8.52. The zero-order chi connectivity index (χ0) is 19.3. The molecule has 0 amide bonds. The lowest BCUT2D eigenvalue weighted by molar-refractivity contribution is -0.160. The molecule has 1 aliphatic carbocycles. The molecule has 0 radical (unpaired) electrons. The molecule has 144 valence electrons. The van der Waals surface area contributed by atoms with Crippen molar-refractivity contribution in [2.75, 3.05) is 7.11 Å².